The molecule has 0 saturated heterocycles. The average molecular weight is 437 g/mol. The summed E-state index contributed by atoms with van der Waals surface area (Å²) in [4.78, 5) is 14.5. The zero-order chi connectivity index (χ0) is 22.8. The van der Waals surface area contributed by atoms with Crippen LogP contribution in [0, 0.1) is 11.6 Å². The molecular formula is C25H21F2NO4. The number of rotatable bonds is 6. The van der Waals surface area contributed by atoms with Gasteiger partial charge in [0.2, 0.25) is 0 Å². The van der Waals surface area contributed by atoms with Crippen LogP contribution in [-0.4, -0.2) is 30.1 Å². The van der Waals surface area contributed by atoms with E-state index in [-0.39, 0.29) is 6.54 Å². The van der Waals surface area contributed by atoms with Gasteiger partial charge in [0.05, 0.1) is 20.3 Å². The van der Waals surface area contributed by atoms with Crippen LogP contribution in [0.2, 0.25) is 0 Å². The van der Waals surface area contributed by atoms with E-state index in [9.17, 15) is 18.7 Å². The van der Waals surface area contributed by atoms with Crippen molar-refractivity contribution in [1.82, 2.24) is 4.90 Å². The molecule has 3 aromatic carbocycles. The summed E-state index contributed by atoms with van der Waals surface area (Å²) in [7, 11) is 3.09. The van der Waals surface area contributed by atoms with Crippen molar-refractivity contribution in [2.45, 2.75) is 12.6 Å². The molecule has 1 N–H and O–H groups in total. The maximum atomic E-state index is 14.1. The number of amides is 1. The molecule has 0 unspecified atom stereocenters. The molecule has 32 heavy (non-hydrogen) atoms. The lowest BCUT2D eigenvalue weighted by Gasteiger charge is -2.27. The van der Waals surface area contributed by atoms with Gasteiger partial charge in [0.25, 0.3) is 5.91 Å². The Labute approximate surface area is 184 Å². The summed E-state index contributed by atoms with van der Waals surface area (Å²) in [6, 6.07) is 16.6. The van der Waals surface area contributed by atoms with Gasteiger partial charge in [-0.25, -0.2) is 8.78 Å². The molecule has 164 valence electrons. The standard InChI is InChI=1S/C25H21F2NO4/c1-31-18-8-3-15(4-9-18)14-28-23(17-7-12-20(26)21(27)13-17)22(24(29)25(28)30)16-5-10-19(32-2)11-6-16/h3-13,23,29H,14H2,1-2H3/t23-/m0/s1. The molecular weight excluding hydrogens is 416 g/mol. The van der Waals surface area contributed by atoms with Crippen LogP contribution >= 0.6 is 0 Å². The second-order valence-electron chi connectivity index (χ2n) is 7.35. The third-order valence-electron chi connectivity index (χ3n) is 5.48. The Bertz CT molecular complexity index is 1170. The first-order valence-corrected chi connectivity index (χ1v) is 9.89. The molecule has 0 aliphatic carbocycles. The number of hydrogen-bond donors (Lipinski definition) is 1. The van der Waals surface area contributed by atoms with Crippen molar-refractivity contribution < 1.29 is 28.2 Å². The van der Waals surface area contributed by atoms with Crippen LogP contribution in [0.25, 0.3) is 5.57 Å². The maximum absolute atomic E-state index is 14.1. The van der Waals surface area contributed by atoms with Crippen LogP contribution in [0.4, 0.5) is 8.78 Å². The molecule has 1 amide bonds. The number of hydrogen-bond acceptors (Lipinski definition) is 4. The number of ether oxygens (including phenoxy) is 2. The highest BCUT2D eigenvalue weighted by Crippen LogP contribution is 2.44. The molecule has 3 aromatic rings. The summed E-state index contributed by atoms with van der Waals surface area (Å²) in [6.07, 6.45) is 0. The molecule has 1 aliphatic heterocycles. The van der Waals surface area contributed by atoms with E-state index in [1.165, 1.54) is 18.1 Å². The minimum absolute atomic E-state index is 0.149. The first kappa shape index (κ1) is 21.4. The molecule has 0 radical (unpaired) electrons. The van der Waals surface area contributed by atoms with Crippen LogP contribution in [0.15, 0.2) is 72.5 Å². The van der Waals surface area contributed by atoms with Gasteiger partial charge in [0.15, 0.2) is 17.4 Å². The van der Waals surface area contributed by atoms with E-state index in [1.807, 2.05) is 0 Å². The first-order valence-electron chi connectivity index (χ1n) is 9.89. The lowest BCUT2D eigenvalue weighted by atomic mass is 9.93. The topological polar surface area (TPSA) is 59.0 Å². The Kier molecular flexibility index (Phi) is 5.81. The third-order valence-corrected chi connectivity index (χ3v) is 5.48. The van der Waals surface area contributed by atoms with Crippen molar-refractivity contribution in [1.29, 1.82) is 0 Å². The SMILES string of the molecule is COc1ccc(CN2C(=O)C(O)=C(c3ccc(OC)cc3)[C@@H]2c2ccc(F)c(F)c2)cc1. The number of carbonyl (C=O) groups excluding carboxylic acids is 1. The fourth-order valence-electron chi connectivity index (χ4n) is 3.84. The molecule has 1 aliphatic rings. The number of aliphatic hydroxyl groups is 1. The summed E-state index contributed by atoms with van der Waals surface area (Å²) in [5.41, 5.74) is 2.02. The molecule has 7 heteroatoms. The van der Waals surface area contributed by atoms with Gasteiger partial charge in [0, 0.05) is 12.1 Å². The number of carbonyl (C=O) groups is 1. The number of halogens is 2. The second-order valence-corrected chi connectivity index (χ2v) is 7.35. The predicted molar refractivity (Wildman–Crippen MR) is 115 cm³/mol. The molecule has 5 nitrogen and oxygen atoms in total. The van der Waals surface area contributed by atoms with Gasteiger partial charge in [-0.15, -0.1) is 0 Å². The van der Waals surface area contributed by atoms with E-state index >= 15 is 0 Å². The number of nitrogens with zero attached hydrogens (tertiary/aromatic N) is 1. The van der Waals surface area contributed by atoms with E-state index in [4.69, 9.17) is 9.47 Å². The zero-order valence-electron chi connectivity index (χ0n) is 17.5. The molecule has 0 spiro atoms. The molecule has 0 aromatic heterocycles. The Hall–Kier alpha value is -3.87. The molecule has 1 atom stereocenters. The van der Waals surface area contributed by atoms with E-state index in [1.54, 1.807) is 55.6 Å². The largest absolute Gasteiger partial charge is 0.503 e. The predicted octanol–water partition coefficient (Wildman–Crippen LogP) is 5.03. The van der Waals surface area contributed by atoms with Crippen LogP contribution in [0.5, 0.6) is 11.5 Å². The summed E-state index contributed by atoms with van der Waals surface area (Å²) >= 11 is 0. The van der Waals surface area contributed by atoms with Crippen molar-refractivity contribution in [2.75, 3.05) is 14.2 Å². The fourth-order valence-corrected chi connectivity index (χ4v) is 3.84. The molecule has 0 fully saturated rings. The highest BCUT2D eigenvalue weighted by atomic mass is 19.2. The van der Waals surface area contributed by atoms with E-state index in [0.717, 1.165) is 17.7 Å². The second kappa shape index (κ2) is 8.70. The molecule has 1 heterocycles. The summed E-state index contributed by atoms with van der Waals surface area (Å²) in [6.45, 7) is 0.149. The number of benzene rings is 3. The number of methoxy groups -OCH3 is 2. The van der Waals surface area contributed by atoms with E-state index in [2.05, 4.69) is 0 Å². The van der Waals surface area contributed by atoms with Gasteiger partial charge < -0.3 is 19.5 Å². The first-order chi connectivity index (χ1) is 15.4. The van der Waals surface area contributed by atoms with Gasteiger partial charge >= 0.3 is 0 Å². The normalized spacial score (nSPS) is 15.9. The minimum atomic E-state index is -1.03. The highest BCUT2D eigenvalue weighted by molar-refractivity contribution is 6.05. The Morgan fingerprint density at radius 2 is 1.47 bits per heavy atom. The Morgan fingerprint density at radius 1 is 0.875 bits per heavy atom. The van der Waals surface area contributed by atoms with Gasteiger partial charge in [-0.2, -0.15) is 0 Å². The smallest absolute Gasteiger partial charge is 0.290 e. The minimum Gasteiger partial charge on any atom is -0.503 e. The third kappa shape index (κ3) is 3.89. The van der Waals surface area contributed by atoms with E-state index < -0.39 is 29.3 Å². The van der Waals surface area contributed by atoms with Crippen molar-refractivity contribution in [3.63, 3.8) is 0 Å². The van der Waals surface area contributed by atoms with Crippen LogP contribution in [0.1, 0.15) is 22.7 Å². The summed E-state index contributed by atoms with van der Waals surface area (Å²) < 4.78 is 38.1. The van der Waals surface area contributed by atoms with Crippen molar-refractivity contribution in [2.24, 2.45) is 0 Å². The van der Waals surface area contributed by atoms with Gasteiger partial charge in [0.1, 0.15) is 11.5 Å². The van der Waals surface area contributed by atoms with Crippen LogP contribution < -0.4 is 9.47 Å². The van der Waals surface area contributed by atoms with Crippen LogP contribution in [0.3, 0.4) is 0 Å². The summed E-state index contributed by atoms with van der Waals surface area (Å²) in [5, 5.41) is 10.8. The average Bonchev–Trinajstić information content (AvgIpc) is 3.06. The van der Waals surface area contributed by atoms with Crippen molar-refractivity contribution in [3.05, 3.63) is 101 Å². The Morgan fingerprint density at radius 3 is 2.03 bits per heavy atom. The summed E-state index contributed by atoms with van der Waals surface area (Å²) in [5.74, 6) is -1.77. The Balaban J connectivity index is 1.79. The molecule has 0 bridgehead atoms. The van der Waals surface area contributed by atoms with Gasteiger partial charge in [-0.05, 0) is 53.1 Å². The number of aliphatic hydroxyl groups excluding tert-OH is 1. The quantitative estimate of drug-likeness (QED) is 0.587. The molecule has 4 rings (SSSR count). The molecule has 0 saturated carbocycles. The van der Waals surface area contributed by atoms with E-state index in [0.29, 0.717) is 28.2 Å². The van der Waals surface area contributed by atoms with Gasteiger partial charge in [-0.1, -0.05) is 30.3 Å². The van der Waals surface area contributed by atoms with Crippen molar-refractivity contribution in [3.8, 4) is 11.5 Å². The monoisotopic (exact) mass is 437 g/mol. The van der Waals surface area contributed by atoms with Crippen LogP contribution in [-0.2, 0) is 11.3 Å². The maximum Gasteiger partial charge on any atom is 0.290 e. The highest BCUT2D eigenvalue weighted by Gasteiger charge is 2.41. The zero-order valence-corrected chi connectivity index (χ0v) is 17.5. The van der Waals surface area contributed by atoms with Gasteiger partial charge in [-0.3, -0.25) is 4.79 Å². The lowest BCUT2D eigenvalue weighted by Crippen LogP contribution is -2.30. The van der Waals surface area contributed by atoms with Crippen molar-refractivity contribution >= 4 is 11.5 Å². The lowest BCUT2D eigenvalue weighted by molar-refractivity contribution is -0.130. The fraction of sp³-hybridized carbons (Fsp3) is 0.160.